The van der Waals surface area contributed by atoms with Crippen molar-refractivity contribution in [2.24, 2.45) is 5.73 Å². The molecule has 0 aliphatic rings. The molecule has 0 saturated carbocycles. The van der Waals surface area contributed by atoms with Gasteiger partial charge >= 0.3 is 0 Å². The Morgan fingerprint density at radius 2 is 2.18 bits per heavy atom. The van der Waals surface area contributed by atoms with E-state index in [4.69, 9.17) is 18.0 Å². The number of hydrogen-bond donors (Lipinski definition) is 1. The number of hydrogen-bond acceptors (Lipinski definition) is 3. The van der Waals surface area contributed by atoms with Crippen LogP contribution in [0.2, 0.25) is 0 Å². The molecule has 2 nitrogen and oxygen atoms in total. The summed E-state index contributed by atoms with van der Waals surface area (Å²) in [7, 11) is 0. The van der Waals surface area contributed by atoms with Crippen LogP contribution in [-0.4, -0.2) is 9.97 Å². The van der Waals surface area contributed by atoms with Crippen molar-refractivity contribution in [1.29, 1.82) is 0 Å². The normalized spacial score (nSPS) is 10.5. The van der Waals surface area contributed by atoms with E-state index < -0.39 is 0 Å². The fourth-order valence-corrected chi connectivity index (χ4v) is 2.72. The molecule has 2 N–H and O–H groups in total. The molecule has 2 rings (SSSR count). The van der Waals surface area contributed by atoms with Gasteiger partial charge in [-0.1, -0.05) is 29.9 Å². The lowest BCUT2D eigenvalue weighted by atomic mass is 10.0. The third-order valence-electron chi connectivity index (χ3n) is 2.55. The van der Waals surface area contributed by atoms with Gasteiger partial charge in [-0.15, -0.1) is 11.3 Å². The highest BCUT2D eigenvalue weighted by Gasteiger charge is 2.08. The van der Waals surface area contributed by atoms with Crippen LogP contribution in [-0.2, 0) is 6.42 Å². The molecule has 1 heterocycles. The van der Waals surface area contributed by atoms with Crippen LogP contribution in [0.15, 0.2) is 23.6 Å². The molecular formula is C13H14N2S2. The van der Waals surface area contributed by atoms with Crippen molar-refractivity contribution >= 4 is 28.5 Å². The van der Waals surface area contributed by atoms with Crippen molar-refractivity contribution in [2.45, 2.75) is 20.3 Å². The highest BCUT2D eigenvalue weighted by Crippen LogP contribution is 2.26. The van der Waals surface area contributed by atoms with Gasteiger partial charge < -0.3 is 5.73 Å². The van der Waals surface area contributed by atoms with E-state index >= 15 is 0 Å². The van der Waals surface area contributed by atoms with Crippen molar-refractivity contribution in [1.82, 2.24) is 4.98 Å². The second kappa shape index (κ2) is 4.94. The van der Waals surface area contributed by atoms with Gasteiger partial charge in [-0.3, -0.25) is 0 Å². The number of rotatable bonds is 3. The summed E-state index contributed by atoms with van der Waals surface area (Å²) in [6.45, 7) is 4.19. The molecular weight excluding hydrogens is 248 g/mol. The topological polar surface area (TPSA) is 38.9 Å². The van der Waals surface area contributed by atoms with Gasteiger partial charge in [0.15, 0.2) is 0 Å². The minimum absolute atomic E-state index is 0.492. The van der Waals surface area contributed by atoms with Gasteiger partial charge in [0.05, 0.1) is 15.7 Å². The molecule has 0 aliphatic heterocycles. The smallest absolute Gasteiger partial charge is 0.1000 e. The molecule has 88 valence electrons. The molecule has 0 atom stereocenters. The Morgan fingerprint density at radius 1 is 1.41 bits per heavy atom. The summed E-state index contributed by atoms with van der Waals surface area (Å²) in [6.07, 6.45) is 0.588. The standard InChI is InChI=1S/C13H14N2S2/c1-8-3-4-9(2)10(5-8)11-7-17-13(15-11)6-12(14)16/h3-5,7H,6H2,1-2H3,(H2,14,16). The predicted octanol–water partition coefficient (Wildman–Crippen LogP) is 3.26. The van der Waals surface area contributed by atoms with E-state index in [2.05, 4.69) is 42.4 Å². The number of aromatic nitrogens is 1. The Kier molecular flexibility index (Phi) is 3.54. The lowest BCUT2D eigenvalue weighted by Gasteiger charge is -2.03. The van der Waals surface area contributed by atoms with E-state index in [9.17, 15) is 0 Å². The number of nitrogens with zero attached hydrogens (tertiary/aromatic N) is 1. The molecule has 0 saturated heterocycles. The number of aryl methyl sites for hydroxylation is 2. The fourth-order valence-electron chi connectivity index (χ4n) is 1.68. The molecule has 0 bridgehead atoms. The van der Waals surface area contributed by atoms with Gasteiger partial charge in [0.25, 0.3) is 0 Å². The third kappa shape index (κ3) is 2.90. The van der Waals surface area contributed by atoms with Crippen molar-refractivity contribution in [2.75, 3.05) is 0 Å². The maximum absolute atomic E-state index is 5.52. The zero-order valence-electron chi connectivity index (χ0n) is 9.86. The average molecular weight is 262 g/mol. The van der Waals surface area contributed by atoms with Gasteiger partial charge in [-0.25, -0.2) is 4.98 Å². The molecule has 1 aromatic carbocycles. The average Bonchev–Trinajstić information content (AvgIpc) is 2.69. The van der Waals surface area contributed by atoms with Gasteiger partial charge in [0.2, 0.25) is 0 Å². The summed E-state index contributed by atoms with van der Waals surface area (Å²) >= 11 is 6.50. The third-order valence-corrected chi connectivity index (χ3v) is 3.54. The Balaban J connectivity index is 2.36. The van der Waals surface area contributed by atoms with Gasteiger partial charge in [-0.05, 0) is 25.5 Å². The Labute approximate surface area is 111 Å². The first-order chi connectivity index (χ1) is 8.06. The summed E-state index contributed by atoms with van der Waals surface area (Å²) in [6, 6.07) is 6.40. The second-order valence-electron chi connectivity index (χ2n) is 4.09. The highest BCUT2D eigenvalue weighted by molar-refractivity contribution is 7.80. The van der Waals surface area contributed by atoms with E-state index in [-0.39, 0.29) is 0 Å². The van der Waals surface area contributed by atoms with Crippen molar-refractivity contribution in [3.05, 3.63) is 39.7 Å². The van der Waals surface area contributed by atoms with Crippen LogP contribution in [0.25, 0.3) is 11.3 Å². The van der Waals surface area contributed by atoms with E-state index in [1.165, 1.54) is 16.7 Å². The first-order valence-corrected chi connectivity index (χ1v) is 6.65. The van der Waals surface area contributed by atoms with Crippen molar-refractivity contribution in [3.8, 4) is 11.3 Å². The molecule has 1 aromatic heterocycles. The largest absolute Gasteiger partial charge is 0.393 e. The predicted molar refractivity (Wildman–Crippen MR) is 77.5 cm³/mol. The maximum atomic E-state index is 5.52. The molecule has 0 radical (unpaired) electrons. The molecule has 17 heavy (non-hydrogen) atoms. The van der Waals surface area contributed by atoms with Crippen LogP contribution in [0.5, 0.6) is 0 Å². The van der Waals surface area contributed by atoms with E-state index in [1.54, 1.807) is 11.3 Å². The summed E-state index contributed by atoms with van der Waals surface area (Å²) in [5, 5.41) is 3.04. The van der Waals surface area contributed by atoms with Gasteiger partial charge in [0, 0.05) is 17.4 Å². The Bertz CT molecular complexity index is 558. The number of nitrogens with two attached hydrogens (primary N) is 1. The zero-order valence-corrected chi connectivity index (χ0v) is 11.5. The summed E-state index contributed by atoms with van der Waals surface area (Å²) < 4.78 is 0. The van der Waals surface area contributed by atoms with Crippen LogP contribution in [0.3, 0.4) is 0 Å². The summed E-state index contributed by atoms with van der Waals surface area (Å²) in [5.74, 6) is 0. The van der Waals surface area contributed by atoms with Crippen LogP contribution in [0, 0.1) is 13.8 Å². The quantitative estimate of drug-likeness (QED) is 0.863. The van der Waals surface area contributed by atoms with Crippen molar-refractivity contribution < 1.29 is 0 Å². The Hall–Kier alpha value is -1.26. The molecule has 4 heteroatoms. The number of benzene rings is 1. The van der Waals surface area contributed by atoms with Crippen LogP contribution >= 0.6 is 23.6 Å². The van der Waals surface area contributed by atoms with Crippen LogP contribution < -0.4 is 5.73 Å². The number of thiazole rings is 1. The molecule has 0 unspecified atom stereocenters. The SMILES string of the molecule is Cc1ccc(C)c(-c2csc(CC(N)=S)n2)c1. The molecule has 0 amide bonds. The van der Waals surface area contributed by atoms with E-state index in [1.807, 2.05) is 0 Å². The lowest BCUT2D eigenvalue weighted by molar-refractivity contribution is 1.22. The molecule has 0 spiro atoms. The van der Waals surface area contributed by atoms with Gasteiger partial charge in [-0.2, -0.15) is 0 Å². The Morgan fingerprint density at radius 3 is 2.88 bits per heavy atom. The minimum Gasteiger partial charge on any atom is -0.393 e. The van der Waals surface area contributed by atoms with E-state index in [0.29, 0.717) is 11.4 Å². The number of thiocarbonyl (C=S) groups is 1. The van der Waals surface area contributed by atoms with Crippen molar-refractivity contribution in [3.63, 3.8) is 0 Å². The highest BCUT2D eigenvalue weighted by atomic mass is 32.1. The fraction of sp³-hybridized carbons (Fsp3) is 0.231. The molecule has 0 fully saturated rings. The maximum Gasteiger partial charge on any atom is 0.1000 e. The van der Waals surface area contributed by atoms with Crippen LogP contribution in [0.1, 0.15) is 16.1 Å². The lowest BCUT2D eigenvalue weighted by Crippen LogP contribution is -2.10. The van der Waals surface area contributed by atoms with Gasteiger partial charge in [0.1, 0.15) is 0 Å². The first-order valence-electron chi connectivity index (χ1n) is 5.36. The molecule has 0 aliphatic carbocycles. The second-order valence-corrected chi connectivity index (χ2v) is 5.55. The zero-order chi connectivity index (χ0) is 12.4. The summed E-state index contributed by atoms with van der Waals surface area (Å²) in [5.41, 5.74) is 10.2. The first kappa shape index (κ1) is 12.2. The summed E-state index contributed by atoms with van der Waals surface area (Å²) in [4.78, 5) is 5.07. The van der Waals surface area contributed by atoms with E-state index in [0.717, 1.165) is 10.7 Å². The minimum atomic E-state index is 0.492. The molecule has 2 aromatic rings. The van der Waals surface area contributed by atoms with Crippen LogP contribution in [0.4, 0.5) is 0 Å². The monoisotopic (exact) mass is 262 g/mol.